The van der Waals surface area contributed by atoms with E-state index in [0.29, 0.717) is 24.1 Å². The number of benzene rings is 1. The first-order chi connectivity index (χ1) is 14.3. The highest BCUT2D eigenvalue weighted by atomic mass is 16.5. The van der Waals surface area contributed by atoms with E-state index in [9.17, 15) is 9.90 Å². The van der Waals surface area contributed by atoms with E-state index in [1.807, 2.05) is 25.2 Å². The van der Waals surface area contributed by atoms with Gasteiger partial charge >= 0.3 is 0 Å². The Morgan fingerprint density at radius 3 is 2.93 bits per heavy atom. The van der Waals surface area contributed by atoms with E-state index in [4.69, 9.17) is 9.47 Å². The van der Waals surface area contributed by atoms with Gasteiger partial charge in [0.25, 0.3) is 5.91 Å². The van der Waals surface area contributed by atoms with Crippen molar-refractivity contribution in [2.24, 2.45) is 13.0 Å². The fourth-order valence-electron chi connectivity index (χ4n) is 3.82. The molecule has 2 aromatic heterocycles. The number of pyridine rings is 1. The standard InChI is InChI=1S/C22H26N4O4/c1-22(2)11-14(8-9-30-22)13-29-21-17-6-4-15(10-19(17)26(3)25-21)24-20(28)18-7-5-16(27)12-23-18/h4-7,10,12,14,27H,8-9,11,13H2,1-3H3,(H,24,28). The Bertz CT molecular complexity index is 1060. The van der Waals surface area contributed by atoms with Crippen LogP contribution in [0.3, 0.4) is 0 Å². The predicted octanol–water partition coefficient (Wildman–Crippen LogP) is 3.51. The summed E-state index contributed by atoms with van der Waals surface area (Å²) in [4.78, 5) is 16.3. The van der Waals surface area contributed by atoms with Gasteiger partial charge in [-0.25, -0.2) is 4.98 Å². The van der Waals surface area contributed by atoms with E-state index in [1.54, 1.807) is 4.68 Å². The Hall–Kier alpha value is -3.13. The SMILES string of the molecule is Cn1nc(OCC2CCOC(C)(C)C2)c2ccc(NC(=O)c3ccc(O)cn3)cc21. The van der Waals surface area contributed by atoms with Gasteiger partial charge in [0.2, 0.25) is 5.88 Å². The number of amides is 1. The summed E-state index contributed by atoms with van der Waals surface area (Å²) in [5, 5.41) is 17.5. The zero-order valence-corrected chi connectivity index (χ0v) is 17.4. The minimum atomic E-state index is -0.352. The molecule has 2 N–H and O–H groups in total. The molecule has 1 fully saturated rings. The highest BCUT2D eigenvalue weighted by molar-refractivity contribution is 6.04. The van der Waals surface area contributed by atoms with E-state index in [0.717, 1.165) is 30.4 Å². The Morgan fingerprint density at radius 1 is 1.37 bits per heavy atom. The molecule has 0 saturated carbocycles. The van der Waals surface area contributed by atoms with Gasteiger partial charge < -0.3 is 19.9 Å². The van der Waals surface area contributed by atoms with E-state index < -0.39 is 0 Å². The third kappa shape index (κ3) is 4.38. The van der Waals surface area contributed by atoms with Crippen molar-refractivity contribution >= 4 is 22.5 Å². The van der Waals surface area contributed by atoms with Crippen LogP contribution in [-0.4, -0.2) is 44.6 Å². The number of rotatable bonds is 5. The normalized spacial score (nSPS) is 18.3. The number of anilines is 1. The molecule has 158 valence electrons. The predicted molar refractivity (Wildman–Crippen MR) is 113 cm³/mol. The lowest BCUT2D eigenvalue weighted by Crippen LogP contribution is -2.36. The second-order valence-corrected chi connectivity index (χ2v) is 8.29. The van der Waals surface area contributed by atoms with Crippen molar-refractivity contribution in [3.8, 4) is 11.6 Å². The van der Waals surface area contributed by atoms with Gasteiger partial charge in [-0.15, -0.1) is 5.10 Å². The lowest BCUT2D eigenvalue weighted by Gasteiger charge is -2.35. The van der Waals surface area contributed by atoms with Gasteiger partial charge in [0.1, 0.15) is 11.4 Å². The Labute approximate surface area is 174 Å². The molecule has 30 heavy (non-hydrogen) atoms. The van der Waals surface area contributed by atoms with Crippen molar-refractivity contribution in [2.45, 2.75) is 32.3 Å². The maximum atomic E-state index is 12.4. The summed E-state index contributed by atoms with van der Waals surface area (Å²) in [7, 11) is 1.85. The molecule has 3 heterocycles. The summed E-state index contributed by atoms with van der Waals surface area (Å²) in [6, 6.07) is 8.45. The minimum absolute atomic E-state index is 0.0136. The molecule has 1 amide bonds. The lowest BCUT2D eigenvalue weighted by molar-refractivity contribution is -0.0786. The number of hydrogen-bond acceptors (Lipinski definition) is 6. The van der Waals surface area contributed by atoms with Crippen LogP contribution in [0.5, 0.6) is 11.6 Å². The molecule has 8 nitrogen and oxygen atoms in total. The molecule has 1 aliphatic heterocycles. The van der Waals surface area contributed by atoms with Crippen LogP contribution in [0, 0.1) is 5.92 Å². The fourth-order valence-corrected chi connectivity index (χ4v) is 3.82. The van der Waals surface area contributed by atoms with E-state index >= 15 is 0 Å². The largest absolute Gasteiger partial charge is 0.506 e. The van der Waals surface area contributed by atoms with Crippen molar-refractivity contribution < 1.29 is 19.4 Å². The van der Waals surface area contributed by atoms with Crippen LogP contribution < -0.4 is 10.1 Å². The zero-order chi connectivity index (χ0) is 21.3. The second-order valence-electron chi connectivity index (χ2n) is 8.29. The first-order valence-electron chi connectivity index (χ1n) is 10.0. The van der Waals surface area contributed by atoms with Crippen molar-refractivity contribution in [3.05, 3.63) is 42.2 Å². The average molecular weight is 410 g/mol. The minimum Gasteiger partial charge on any atom is -0.506 e. The summed E-state index contributed by atoms with van der Waals surface area (Å²) in [6.07, 6.45) is 3.18. The number of hydrogen-bond donors (Lipinski definition) is 2. The van der Waals surface area contributed by atoms with Gasteiger partial charge in [0.15, 0.2) is 0 Å². The Kier molecular flexibility index (Phi) is 5.34. The maximum Gasteiger partial charge on any atom is 0.274 e. The van der Waals surface area contributed by atoms with Gasteiger partial charge in [-0.05, 0) is 62.9 Å². The van der Waals surface area contributed by atoms with Gasteiger partial charge in [-0.3, -0.25) is 9.48 Å². The van der Waals surface area contributed by atoms with Crippen LogP contribution in [0.2, 0.25) is 0 Å². The van der Waals surface area contributed by atoms with Crippen LogP contribution in [0.25, 0.3) is 10.9 Å². The maximum absolute atomic E-state index is 12.4. The molecule has 3 aromatic rings. The number of aromatic hydroxyl groups is 1. The summed E-state index contributed by atoms with van der Waals surface area (Å²) >= 11 is 0. The Balaban J connectivity index is 1.47. The van der Waals surface area contributed by atoms with E-state index in [-0.39, 0.29) is 23.0 Å². The van der Waals surface area contributed by atoms with Gasteiger partial charge in [0.05, 0.1) is 29.3 Å². The number of carbonyl (C=O) groups excluding carboxylic acids is 1. The molecule has 0 spiro atoms. The molecule has 1 aromatic carbocycles. The van der Waals surface area contributed by atoms with Crippen LogP contribution in [0.1, 0.15) is 37.2 Å². The number of nitrogens with one attached hydrogen (secondary N) is 1. The summed E-state index contributed by atoms with van der Waals surface area (Å²) in [5.74, 6) is 0.687. The summed E-state index contributed by atoms with van der Waals surface area (Å²) in [6.45, 7) is 5.57. The second kappa shape index (κ2) is 7.95. The highest BCUT2D eigenvalue weighted by Gasteiger charge is 2.29. The average Bonchev–Trinajstić information content (AvgIpc) is 3.01. The zero-order valence-electron chi connectivity index (χ0n) is 17.4. The molecular formula is C22H26N4O4. The topological polar surface area (TPSA) is 98.5 Å². The number of carbonyl (C=O) groups is 1. The van der Waals surface area contributed by atoms with Crippen molar-refractivity contribution in [1.29, 1.82) is 0 Å². The molecule has 1 atom stereocenters. The van der Waals surface area contributed by atoms with Crippen LogP contribution in [0.4, 0.5) is 5.69 Å². The smallest absolute Gasteiger partial charge is 0.274 e. The molecule has 1 saturated heterocycles. The number of nitrogens with zero attached hydrogens (tertiary/aromatic N) is 3. The first-order valence-corrected chi connectivity index (χ1v) is 10.0. The molecular weight excluding hydrogens is 384 g/mol. The molecule has 8 heteroatoms. The fraction of sp³-hybridized carbons (Fsp3) is 0.409. The summed E-state index contributed by atoms with van der Waals surface area (Å²) < 4.78 is 13.6. The summed E-state index contributed by atoms with van der Waals surface area (Å²) in [5.41, 5.74) is 1.59. The van der Waals surface area contributed by atoms with Crippen molar-refractivity contribution in [2.75, 3.05) is 18.5 Å². The molecule has 1 aliphatic rings. The quantitative estimate of drug-likeness (QED) is 0.668. The van der Waals surface area contributed by atoms with Crippen molar-refractivity contribution in [1.82, 2.24) is 14.8 Å². The number of aryl methyl sites for hydroxylation is 1. The Morgan fingerprint density at radius 2 is 2.20 bits per heavy atom. The van der Waals surface area contributed by atoms with Crippen LogP contribution in [-0.2, 0) is 11.8 Å². The highest BCUT2D eigenvalue weighted by Crippen LogP contribution is 2.31. The third-order valence-corrected chi connectivity index (χ3v) is 5.31. The molecule has 4 rings (SSSR count). The first kappa shape index (κ1) is 20.2. The van der Waals surface area contributed by atoms with Crippen LogP contribution in [0.15, 0.2) is 36.5 Å². The number of fused-ring (bicyclic) bond motifs is 1. The third-order valence-electron chi connectivity index (χ3n) is 5.31. The van der Waals surface area contributed by atoms with E-state index in [1.165, 1.54) is 18.3 Å². The van der Waals surface area contributed by atoms with Gasteiger partial charge in [0, 0.05) is 19.3 Å². The van der Waals surface area contributed by atoms with Gasteiger partial charge in [-0.2, -0.15) is 0 Å². The van der Waals surface area contributed by atoms with Crippen molar-refractivity contribution in [3.63, 3.8) is 0 Å². The molecule has 0 radical (unpaired) electrons. The number of aromatic nitrogens is 3. The van der Waals surface area contributed by atoms with E-state index in [2.05, 4.69) is 29.2 Å². The molecule has 0 aliphatic carbocycles. The monoisotopic (exact) mass is 410 g/mol. The lowest BCUT2D eigenvalue weighted by atomic mass is 9.89. The van der Waals surface area contributed by atoms with Crippen LogP contribution >= 0.6 is 0 Å². The van der Waals surface area contributed by atoms with Gasteiger partial charge in [-0.1, -0.05) is 0 Å². The molecule has 0 bridgehead atoms. The number of ether oxygens (including phenoxy) is 2. The molecule has 1 unspecified atom stereocenters.